The highest BCUT2D eigenvalue weighted by molar-refractivity contribution is 5.88. The largest absolute Gasteiger partial charge is 0.355 e. The average Bonchev–Trinajstić information content (AvgIpc) is 2.69. The lowest BCUT2D eigenvalue weighted by molar-refractivity contribution is -0.120. The molecule has 2 atom stereocenters. The SMILES string of the molecule is O=C(Cc1n[nH]c(=O)c2ccccc12)NC[C@@H]1CCCN2CCCC[C@@H]12. The number of piperidine rings is 2. The molecule has 1 aromatic heterocycles. The number of benzene rings is 1. The Labute approximate surface area is 153 Å². The minimum absolute atomic E-state index is 0.0253. The number of rotatable bonds is 4. The van der Waals surface area contributed by atoms with E-state index < -0.39 is 0 Å². The smallest absolute Gasteiger partial charge is 0.272 e. The van der Waals surface area contributed by atoms with Crippen molar-refractivity contribution in [2.24, 2.45) is 5.92 Å². The summed E-state index contributed by atoms with van der Waals surface area (Å²) in [7, 11) is 0. The van der Waals surface area contributed by atoms with Gasteiger partial charge < -0.3 is 10.2 Å². The number of amides is 1. The molecule has 0 radical (unpaired) electrons. The van der Waals surface area contributed by atoms with Gasteiger partial charge in [0.1, 0.15) is 0 Å². The first kappa shape index (κ1) is 17.2. The summed E-state index contributed by atoms with van der Waals surface area (Å²) < 4.78 is 0. The van der Waals surface area contributed by atoms with Gasteiger partial charge >= 0.3 is 0 Å². The van der Waals surface area contributed by atoms with Crippen LogP contribution in [0.15, 0.2) is 29.1 Å². The standard InChI is InChI=1S/C20H26N4O2/c25-19(12-17-15-7-1-2-8-16(15)20(26)23-22-17)21-13-14-6-5-11-24-10-4-3-9-18(14)24/h1-2,7-8,14,18H,3-6,9-13H2,(H,21,25)(H,23,26)/t14-,18-/m0/s1. The van der Waals surface area contributed by atoms with Gasteiger partial charge in [-0.3, -0.25) is 9.59 Å². The minimum Gasteiger partial charge on any atom is -0.355 e. The number of fused-ring (bicyclic) bond motifs is 2. The van der Waals surface area contributed by atoms with Crippen LogP contribution in [0, 0.1) is 5.92 Å². The molecule has 4 rings (SSSR count). The molecule has 2 fully saturated rings. The Kier molecular flexibility index (Phi) is 5.02. The van der Waals surface area contributed by atoms with Gasteiger partial charge in [0.05, 0.1) is 17.5 Å². The van der Waals surface area contributed by atoms with Gasteiger partial charge in [0.15, 0.2) is 0 Å². The maximum Gasteiger partial charge on any atom is 0.272 e. The fraction of sp³-hybridized carbons (Fsp3) is 0.550. The second kappa shape index (κ2) is 7.58. The Morgan fingerprint density at radius 2 is 1.96 bits per heavy atom. The number of nitrogens with zero attached hydrogens (tertiary/aromatic N) is 2. The third kappa shape index (κ3) is 3.51. The Bertz CT molecular complexity index is 845. The van der Waals surface area contributed by atoms with Crippen molar-refractivity contribution in [1.29, 1.82) is 0 Å². The Balaban J connectivity index is 1.40. The molecule has 0 saturated carbocycles. The second-order valence-electron chi connectivity index (χ2n) is 7.53. The van der Waals surface area contributed by atoms with Crippen molar-refractivity contribution in [2.75, 3.05) is 19.6 Å². The average molecular weight is 354 g/mol. The normalized spacial score (nSPS) is 23.5. The van der Waals surface area contributed by atoms with E-state index in [-0.39, 0.29) is 17.9 Å². The molecule has 0 aliphatic carbocycles. The van der Waals surface area contributed by atoms with E-state index in [0.717, 1.165) is 11.9 Å². The number of aromatic nitrogens is 2. The second-order valence-corrected chi connectivity index (χ2v) is 7.53. The van der Waals surface area contributed by atoms with E-state index in [1.165, 1.54) is 45.2 Å². The fourth-order valence-electron chi connectivity index (χ4n) is 4.58. The molecule has 6 heteroatoms. The van der Waals surface area contributed by atoms with E-state index in [4.69, 9.17) is 0 Å². The molecule has 2 aromatic rings. The van der Waals surface area contributed by atoms with E-state index >= 15 is 0 Å². The lowest BCUT2D eigenvalue weighted by atomic mass is 9.83. The molecule has 2 N–H and O–H groups in total. The number of hydrogen-bond donors (Lipinski definition) is 2. The summed E-state index contributed by atoms with van der Waals surface area (Å²) in [5.41, 5.74) is 0.407. The van der Waals surface area contributed by atoms with Gasteiger partial charge in [0.2, 0.25) is 5.91 Å². The predicted octanol–water partition coefficient (Wildman–Crippen LogP) is 1.85. The first-order valence-electron chi connectivity index (χ1n) is 9.69. The summed E-state index contributed by atoms with van der Waals surface area (Å²) in [5.74, 6) is 0.524. The van der Waals surface area contributed by atoms with Crippen molar-refractivity contribution >= 4 is 16.7 Å². The zero-order valence-corrected chi connectivity index (χ0v) is 15.0. The third-order valence-electron chi connectivity index (χ3n) is 5.89. The van der Waals surface area contributed by atoms with E-state index in [1.54, 1.807) is 6.07 Å². The quantitative estimate of drug-likeness (QED) is 0.878. The summed E-state index contributed by atoms with van der Waals surface area (Å²) in [4.78, 5) is 27.0. The highest BCUT2D eigenvalue weighted by atomic mass is 16.1. The zero-order chi connectivity index (χ0) is 17.9. The number of H-pyrrole nitrogens is 1. The molecule has 2 aliphatic heterocycles. The Morgan fingerprint density at radius 1 is 1.15 bits per heavy atom. The van der Waals surface area contributed by atoms with Gasteiger partial charge in [-0.15, -0.1) is 0 Å². The van der Waals surface area contributed by atoms with Crippen molar-refractivity contribution in [1.82, 2.24) is 20.4 Å². The summed E-state index contributed by atoms with van der Waals surface area (Å²) in [6.07, 6.45) is 6.48. The van der Waals surface area contributed by atoms with Gasteiger partial charge in [0.25, 0.3) is 5.56 Å². The lowest BCUT2D eigenvalue weighted by Gasteiger charge is -2.44. The van der Waals surface area contributed by atoms with Gasteiger partial charge in [0, 0.05) is 18.0 Å². The van der Waals surface area contributed by atoms with Crippen LogP contribution in [0.1, 0.15) is 37.8 Å². The van der Waals surface area contributed by atoms with Crippen LogP contribution in [0.3, 0.4) is 0 Å². The molecule has 3 heterocycles. The van der Waals surface area contributed by atoms with Gasteiger partial charge in [-0.05, 0) is 50.8 Å². The van der Waals surface area contributed by atoms with E-state index in [2.05, 4.69) is 20.4 Å². The van der Waals surface area contributed by atoms with Crippen molar-refractivity contribution in [2.45, 2.75) is 44.6 Å². The number of carbonyl (C=O) groups excluding carboxylic acids is 1. The van der Waals surface area contributed by atoms with E-state index in [0.29, 0.717) is 23.0 Å². The highest BCUT2D eigenvalue weighted by Crippen LogP contribution is 2.30. The Hall–Kier alpha value is -2.21. The topological polar surface area (TPSA) is 78.1 Å². The van der Waals surface area contributed by atoms with Crippen molar-refractivity contribution in [3.63, 3.8) is 0 Å². The summed E-state index contributed by atoms with van der Waals surface area (Å²) >= 11 is 0. The molecule has 1 aromatic carbocycles. The van der Waals surface area contributed by atoms with Crippen molar-refractivity contribution in [3.8, 4) is 0 Å². The van der Waals surface area contributed by atoms with Crippen LogP contribution >= 0.6 is 0 Å². The van der Waals surface area contributed by atoms with Crippen LogP contribution in [-0.4, -0.2) is 46.7 Å². The van der Waals surface area contributed by atoms with Crippen LogP contribution in [0.5, 0.6) is 0 Å². The zero-order valence-electron chi connectivity index (χ0n) is 15.0. The highest BCUT2D eigenvalue weighted by Gasteiger charge is 2.32. The first-order chi connectivity index (χ1) is 12.7. The molecule has 6 nitrogen and oxygen atoms in total. The summed E-state index contributed by atoms with van der Waals surface area (Å²) in [6, 6.07) is 7.92. The number of aromatic amines is 1. The fourth-order valence-corrected chi connectivity index (χ4v) is 4.58. The minimum atomic E-state index is -0.218. The van der Waals surface area contributed by atoms with Crippen molar-refractivity contribution < 1.29 is 4.79 Å². The van der Waals surface area contributed by atoms with Gasteiger partial charge in [-0.25, -0.2) is 5.10 Å². The molecule has 2 saturated heterocycles. The van der Waals surface area contributed by atoms with Crippen molar-refractivity contribution in [3.05, 3.63) is 40.3 Å². The monoisotopic (exact) mass is 354 g/mol. The Morgan fingerprint density at radius 3 is 2.85 bits per heavy atom. The summed E-state index contributed by atoms with van der Waals surface area (Å²) in [6.45, 7) is 3.16. The lowest BCUT2D eigenvalue weighted by Crippen LogP contribution is -2.51. The predicted molar refractivity (Wildman–Crippen MR) is 101 cm³/mol. The molecular formula is C20H26N4O2. The molecule has 0 unspecified atom stereocenters. The molecule has 2 aliphatic rings. The van der Waals surface area contributed by atoms with E-state index in [1.807, 2.05) is 18.2 Å². The number of hydrogen-bond acceptors (Lipinski definition) is 4. The maximum absolute atomic E-state index is 12.5. The van der Waals surface area contributed by atoms with Gasteiger partial charge in [-0.2, -0.15) is 5.10 Å². The maximum atomic E-state index is 12.5. The van der Waals surface area contributed by atoms with Crippen LogP contribution in [0.25, 0.3) is 10.8 Å². The molecule has 26 heavy (non-hydrogen) atoms. The van der Waals surface area contributed by atoms with Crippen LogP contribution in [0.4, 0.5) is 0 Å². The molecule has 1 amide bonds. The van der Waals surface area contributed by atoms with E-state index in [9.17, 15) is 9.59 Å². The molecule has 0 spiro atoms. The summed E-state index contributed by atoms with van der Waals surface area (Å²) in [5, 5.41) is 11.0. The van der Waals surface area contributed by atoms with Crippen LogP contribution in [-0.2, 0) is 11.2 Å². The number of nitrogens with one attached hydrogen (secondary N) is 2. The van der Waals surface area contributed by atoms with Crippen LogP contribution in [0.2, 0.25) is 0 Å². The molecular weight excluding hydrogens is 328 g/mol. The van der Waals surface area contributed by atoms with Gasteiger partial charge in [-0.1, -0.05) is 24.6 Å². The van der Waals surface area contributed by atoms with Crippen LogP contribution < -0.4 is 10.9 Å². The molecule has 0 bridgehead atoms. The first-order valence-corrected chi connectivity index (χ1v) is 9.69. The number of carbonyl (C=O) groups is 1. The third-order valence-corrected chi connectivity index (χ3v) is 5.89. The molecule has 138 valence electrons.